The molecule has 0 aromatic heterocycles. The lowest BCUT2D eigenvalue weighted by atomic mass is 9.99. The van der Waals surface area contributed by atoms with Crippen molar-refractivity contribution in [1.82, 2.24) is 0 Å². The van der Waals surface area contributed by atoms with Crippen LogP contribution in [-0.4, -0.2) is 23.4 Å². The first kappa shape index (κ1) is 23.4. The summed E-state index contributed by atoms with van der Waals surface area (Å²) in [4.78, 5) is 22.3. The molecule has 0 aliphatic heterocycles. The molecule has 2 N–H and O–H groups in total. The van der Waals surface area contributed by atoms with Gasteiger partial charge in [0.15, 0.2) is 5.78 Å². The van der Waals surface area contributed by atoms with Crippen molar-refractivity contribution in [3.8, 4) is 0 Å². The lowest BCUT2D eigenvalue weighted by molar-refractivity contribution is -0.135. The average Bonchev–Trinajstić information content (AvgIpc) is 3.22. The van der Waals surface area contributed by atoms with E-state index in [9.17, 15) is 9.59 Å². The maximum Gasteiger partial charge on any atom is 0.311 e. The molecule has 0 spiro atoms. The zero-order valence-electron chi connectivity index (χ0n) is 18.0. The first-order valence-electron chi connectivity index (χ1n) is 11.7. The van der Waals surface area contributed by atoms with Crippen LogP contribution in [-0.2, 0) is 4.79 Å². The van der Waals surface area contributed by atoms with Crippen LogP contribution in [0.2, 0.25) is 0 Å². The van der Waals surface area contributed by atoms with Gasteiger partial charge < -0.3 is 10.4 Å². The molecule has 4 heteroatoms. The molecule has 1 fully saturated rings. The minimum Gasteiger partial charge on any atom is -0.481 e. The molecule has 0 radical (unpaired) electrons. The van der Waals surface area contributed by atoms with Crippen LogP contribution >= 0.6 is 0 Å². The molecule has 0 amide bonds. The topological polar surface area (TPSA) is 66.4 Å². The second kappa shape index (κ2) is 14.2. The highest BCUT2D eigenvalue weighted by molar-refractivity contribution is 6.05. The van der Waals surface area contributed by atoms with Crippen molar-refractivity contribution >= 4 is 17.4 Å². The van der Waals surface area contributed by atoms with Crippen LogP contribution in [0.15, 0.2) is 24.3 Å². The Hall–Kier alpha value is -1.84. The lowest BCUT2D eigenvalue weighted by Gasteiger charge is -2.08. The fourth-order valence-corrected chi connectivity index (χ4v) is 4.34. The number of carboxylic acids is 1. The van der Waals surface area contributed by atoms with E-state index >= 15 is 0 Å². The molecule has 1 aromatic carbocycles. The number of carboxylic acid groups (broad SMARTS) is 1. The van der Waals surface area contributed by atoms with Crippen LogP contribution < -0.4 is 5.32 Å². The summed E-state index contributed by atoms with van der Waals surface area (Å²) in [6.45, 7) is 0.934. The number of benzene rings is 1. The van der Waals surface area contributed by atoms with Crippen LogP contribution in [0.3, 0.4) is 0 Å². The third kappa shape index (κ3) is 10.5. The van der Waals surface area contributed by atoms with E-state index in [1.807, 2.05) is 12.1 Å². The van der Waals surface area contributed by atoms with E-state index in [2.05, 4.69) is 5.32 Å². The molecule has 4 nitrogen and oxygen atoms in total. The number of Topliss-reactive ketones (excluding diaryl/α,β-unsaturated/α-hetero) is 1. The molecular formula is C25H39NO3. The summed E-state index contributed by atoms with van der Waals surface area (Å²) in [6, 6.07) is 7.09. The second-order valence-corrected chi connectivity index (χ2v) is 8.62. The Balaban J connectivity index is 1.39. The van der Waals surface area contributed by atoms with Crippen molar-refractivity contribution in [2.45, 2.75) is 96.3 Å². The van der Waals surface area contributed by atoms with E-state index in [0.29, 0.717) is 5.56 Å². The quantitative estimate of drug-likeness (QED) is 0.181. The maximum absolute atomic E-state index is 11.7. The fourth-order valence-electron chi connectivity index (χ4n) is 4.34. The van der Waals surface area contributed by atoms with Crippen molar-refractivity contribution in [3.63, 3.8) is 0 Å². The molecule has 29 heavy (non-hydrogen) atoms. The molecule has 1 saturated carbocycles. The number of hydrogen-bond donors (Lipinski definition) is 2. The molecule has 0 heterocycles. The summed E-state index contributed by atoms with van der Waals surface area (Å²) in [6.07, 6.45) is 19.1. The SMILES string of the molecule is O=C(O)CC(=O)c1ccc(NCCCCCCCCCCCC2CCCC2)cc1. The number of aliphatic carboxylic acids is 1. The zero-order valence-corrected chi connectivity index (χ0v) is 18.0. The molecule has 1 aliphatic carbocycles. The Morgan fingerprint density at radius 3 is 1.97 bits per heavy atom. The Labute approximate surface area is 176 Å². The minimum atomic E-state index is -1.09. The van der Waals surface area contributed by atoms with E-state index in [4.69, 9.17) is 5.11 Å². The Bertz CT molecular complexity index is 591. The summed E-state index contributed by atoms with van der Waals surface area (Å²) in [5.74, 6) is -0.379. The smallest absolute Gasteiger partial charge is 0.311 e. The summed E-state index contributed by atoms with van der Waals surface area (Å²) >= 11 is 0. The van der Waals surface area contributed by atoms with Gasteiger partial charge in [0.2, 0.25) is 0 Å². The molecule has 1 aliphatic rings. The second-order valence-electron chi connectivity index (χ2n) is 8.62. The lowest BCUT2D eigenvalue weighted by Crippen LogP contribution is -2.07. The summed E-state index contributed by atoms with van der Waals surface area (Å²) < 4.78 is 0. The summed E-state index contributed by atoms with van der Waals surface area (Å²) in [5.41, 5.74) is 1.44. The average molecular weight is 402 g/mol. The Kier molecular flexibility index (Phi) is 11.5. The molecule has 0 bridgehead atoms. The van der Waals surface area contributed by atoms with Gasteiger partial charge in [0.05, 0.1) is 0 Å². The third-order valence-corrected chi connectivity index (χ3v) is 6.11. The van der Waals surface area contributed by atoms with Gasteiger partial charge in [-0.1, -0.05) is 83.5 Å². The molecule has 162 valence electrons. The first-order valence-corrected chi connectivity index (χ1v) is 11.7. The predicted molar refractivity (Wildman–Crippen MR) is 120 cm³/mol. The number of hydrogen-bond acceptors (Lipinski definition) is 3. The Morgan fingerprint density at radius 1 is 0.828 bits per heavy atom. The van der Waals surface area contributed by atoms with Gasteiger partial charge in [-0.2, -0.15) is 0 Å². The van der Waals surface area contributed by atoms with Gasteiger partial charge in [-0.3, -0.25) is 9.59 Å². The van der Waals surface area contributed by atoms with E-state index in [-0.39, 0.29) is 5.78 Å². The van der Waals surface area contributed by atoms with Crippen molar-refractivity contribution in [3.05, 3.63) is 29.8 Å². The summed E-state index contributed by atoms with van der Waals surface area (Å²) in [7, 11) is 0. The van der Waals surface area contributed by atoms with Gasteiger partial charge in [-0.25, -0.2) is 0 Å². The van der Waals surface area contributed by atoms with Crippen LogP contribution in [0.1, 0.15) is 107 Å². The number of carbonyl (C=O) groups excluding carboxylic acids is 1. The first-order chi connectivity index (χ1) is 14.1. The van der Waals surface area contributed by atoms with Crippen LogP contribution in [0.5, 0.6) is 0 Å². The van der Waals surface area contributed by atoms with Crippen molar-refractivity contribution in [1.29, 1.82) is 0 Å². The van der Waals surface area contributed by atoms with Gasteiger partial charge in [0.25, 0.3) is 0 Å². The van der Waals surface area contributed by atoms with E-state index in [0.717, 1.165) is 24.6 Å². The van der Waals surface area contributed by atoms with E-state index in [1.54, 1.807) is 12.1 Å². The number of ketones is 1. The van der Waals surface area contributed by atoms with Crippen LogP contribution in [0, 0.1) is 5.92 Å². The molecule has 2 rings (SSSR count). The van der Waals surface area contributed by atoms with Gasteiger partial charge >= 0.3 is 5.97 Å². The van der Waals surface area contributed by atoms with E-state index < -0.39 is 12.4 Å². The molecule has 0 unspecified atom stereocenters. The summed E-state index contributed by atoms with van der Waals surface area (Å²) in [5, 5.41) is 12.0. The largest absolute Gasteiger partial charge is 0.481 e. The number of unbranched alkanes of at least 4 members (excludes halogenated alkanes) is 8. The highest BCUT2D eigenvalue weighted by Crippen LogP contribution is 2.29. The van der Waals surface area contributed by atoms with Crippen LogP contribution in [0.25, 0.3) is 0 Å². The molecule has 1 aromatic rings. The standard InChI is InChI=1S/C25H39NO3/c27-24(20-25(28)29)22-15-17-23(18-16-22)26-19-11-7-5-3-1-2-4-6-8-12-21-13-9-10-14-21/h15-18,21,26H,1-14,19-20H2,(H,28,29). The van der Waals surface area contributed by atoms with E-state index in [1.165, 1.54) is 83.5 Å². The highest BCUT2D eigenvalue weighted by Gasteiger charge is 2.13. The van der Waals surface area contributed by atoms with Gasteiger partial charge in [0, 0.05) is 17.8 Å². The van der Waals surface area contributed by atoms with Gasteiger partial charge in [-0.05, 0) is 36.6 Å². The Morgan fingerprint density at radius 2 is 1.38 bits per heavy atom. The molecule has 0 saturated heterocycles. The van der Waals surface area contributed by atoms with Gasteiger partial charge in [0.1, 0.15) is 6.42 Å². The van der Waals surface area contributed by atoms with Crippen molar-refractivity contribution in [2.75, 3.05) is 11.9 Å². The zero-order chi connectivity index (χ0) is 20.7. The van der Waals surface area contributed by atoms with Crippen molar-refractivity contribution in [2.24, 2.45) is 5.92 Å². The number of anilines is 1. The number of carbonyl (C=O) groups is 2. The number of nitrogens with one attached hydrogen (secondary N) is 1. The predicted octanol–water partition coefficient (Wildman–Crippen LogP) is 6.85. The highest BCUT2D eigenvalue weighted by atomic mass is 16.4. The fraction of sp³-hybridized carbons (Fsp3) is 0.680. The normalized spacial score (nSPS) is 14.2. The van der Waals surface area contributed by atoms with Crippen molar-refractivity contribution < 1.29 is 14.7 Å². The maximum atomic E-state index is 11.7. The number of rotatable bonds is 16. The molecule has 0 atom stereocenters. The molecular weight excluding hydrogens is 362 g/mol. The van der Waals surface area contributed by atoms with Gasteiger partial charge in [-0.15, -0.1) is 0 Å². The minimum absolute atomic E-state index is 0.349. The monoisotopic (exact) mass is 401 g/mol. The third-order valence-electron chi connectivity index (χ3n) is 6.11. The van der Waals surface area contributed by atoms with Crippen LogP contribution in [0.4, 0.5) is 5.69 Å².